The highest BCUT2D eigenvalue weighted by Gasteiger charge is 2.23. The molecule has 0 amide bonds. The summed E-state index contributed by atoms with van der Waals surface area (Å²) >= 11 is 0. The fourth-order valence-corrected chi connectivity index (χ4v) is 8.08. The van der Waals surface area contributed by atoms with Crippen LogP contribution in [0.1, 0.15) is 0 Å². The molecule has 10 rings (SSSR count). The van der Waals surface area contributed by atoms with Gasteiger partial charge in [-0.05, 0) is 117 Å². The van der Waals surface area contributed by atoms with Gasteiger partial charge in [-0.25, -0.2) is 0 Å². The SMILES string of the molecule is c1ccc(-c2cc(-c3ccccc3)cc(-c3cccc4c3Nc3ccc(-c5ccc(N(c6ccccc6)c6ccccc6)cc5)cc3-c3ccccc3-4)c2)cc1. The monoisotopic (exact) mass is 714 g/mol. The van der Waals surface area contributed by atoms with E-state index < -0.39 is 0 Å². The van der Waals surface area contributed by atoms with Gasteiger partial charge in [-0.15, -0.1) is 0 Å². The molecule has 2 heteroatoms. The Morgan fingerprint density at radius 1 is 0.250 bits per heavy atom. The van der Waals surface area contributed by atoms with Crippen molar-refractivity contribution in [3.8, 4) is 66.8 Å². The molecule has 0 atom stereocenters. The molecule has 0 aliphatic carbocycles. The van der Waals surface area contributed by atoms with Crippen LogP contribution in [-0.4, -0.2) is 0 Å². The quantitative estimate of drug-likeness (QED) is 0.177. The Bertz CT molecular complexity index is 2700. The van der Waals surface area contributed by atoms with Crippen molar-refractivity contribution in [1.82, 2.24) is 0 Å². The van der Waals surface area contributed by atoms with E-state index in [1.54, 1.807) is 0 Å². The number of hydrogen-bond donors (Lipinski definition) is 1. The minimum absolute atomic E-state index is 1.09. The molecule has 0 unspecified atom stereocenters. The molecule has 0 saturated heterocycles. The van der Waals surface area contributed by atoms with Crippen molar-refractivity contribution in [3.05, 3.63) is 224 Å². The largest absolute Gasteiger partial charge is 0.354 e. The maximum atomic E-state index is 3.97. The van der Waals surface area contributed by atoms with E-state index in [-0.39, 0.29) is 0 Å². The first-order valence-electron chi connectivity index (χ1n) is 19.2. The van der Waals surface area contributed by atoms with Crippen molar-refractivity contribution < 1.29 is 0 Å². The van der Waals surface area contributed by atoms with E-state index in [0.717, 1.165) is 28.4 Å². The van der Waals surface area contributed by atoms with E-state index in [2.05, 4.69) is 235 Å². The van der Waals surface area contributed by atoms with Crippen molar-refractivity contribution >= 4 is 28.4 Å². The van der Waals surface area contributed by atoms with Crippen LogP contribution >= 0.6 is 0 Å². The van der Waals surface area contributed by atoms with E-state index >= 15 is 0 Å². The third-order valence-electron chi connectivity index (χ3n) is 10.8. The van der Waals surface area contributed by atoms with E-state index in [0.29, 0.717) is 0 Å². The molecule has 9 aromatic rings. The van der Waals surface area contributed by atoms with Gasteiger partial charge in [0.15, 0.2) is 0 Å². The minimum Gasteiger partial charge on any atom is -0.354 e. The second kappa shape index (κ2) is 14.4. The number of nitrogens with one attached hydrogen (secondary N) is 1. The van der Waals surface area contributed by atoms with E-state index in [1.165, 1.54) is 66.8 Å². The van der Waals surface area contributed by atoms with Crippen LogP contribution in [0.25, 0.3) is 66.8 Å². The third kappa shape index (κ3) is 6.24. The Hall–Kier alpha value is -7.42. The molecule has 1 aliphatic heterocycles. The summed E-state index contributed by atoms with van der Waals surface area (Å²) in [7, 11) is 0. The van der Waals surface area contributed by atoms with Crippen LogP contribution in [0.3, 0.4) is 0 Å². The minimum atomic E-state index is 1.09. The number of rotatable bonds is 7. The first kappa shape index (κ1) is 33.2. The van der Waals surface area contributed by atoms with E-state index in [4.69, 9.17) is 0 Å². The molecule has 56 heavy (non-hydrogen) atoms. The van der Waals surface area contributed by atoms with Gasteiger partial charge in [-0.1, -0.05) is 158 Å². The molecular weight excluding hydrogens is 677 g/mol. The first-order valence-corrected chi connectivity index (χ1v) is 19.2. The number of anilines is 5. The predicted molar refractivity (Wildman–Crippen MR) is 237 cm³/mol. The molecule has 0 spiro atoms. The molecule has 0 fully saturated rings. The van der Waals surface area contributed by atoms with Gasteiger partial charge in [0.05, 0.1) is 5.69 Å². The van der Waals surface area contributed by atoms with Crippen molar-refractivity contribution in [2.75, 3.05) is 10.2 Å². The number of para-hydroxylation sites is 3. The fraction of sp³-hybridized carbons (Fsp3) is 0. The van der Waals surface area contributed by atoms with Gasteiger partial charge in [0.1, 0.15) is 0 Å². The lowest BCUT2D eigenvalue weighted by Gasteiger charge is -2.25. The average molecular weight is 715 g/mol. The summed E-state index contributed by atoms with van der Waals surface area (Å²) in [5, 5.41) is 3.97. The molecule has 0 radical (unpaired) electrons. The number of benzene rings is 9. The predicted octanol–water partition coefficient (Wildman–Crippen LogP) is 15.2. The van der Waals surface area contributed by atoms with Gasteiger partial charge in [-0.3, -0.25) is 0 Å². The van der Waals surface area contributed by atoms with Crippen LogP contribution in [0, 0.1) is 0 Å². The molecule has 0 saturated carbocycles. The Kier molecular flexibility index (Phi) is 8.55. The van der Waals surface area contributed by atoms with Crippen LogP contribution < -0.4 is 10.2 Å². The maximum Gasteiger partial charge on any atom is 0.0543 e. The number of hydrogen-bond acceptors (Lipinski definition) is 2. The van der Waals surface area contributed by atoms with Crippen LogP contribution in [0.15, 0.2) is 224 Å². The fourth-order valence-electron chi connectivity index (χ4n) is 8.08. The average Bonchev–Trinajstić information content (AvgIpc) is 3.42. The van der Waals surface area contributed by atoms with Gasteiger partial charge < -0.3 is 10.2 Å². The first-order chi connectivity index (χ1) is 27.8. The molecular formula is C54H38N2. The second-order valence-corrected chi connectivity index (χ2v) is 14.2. The van der Waals surface area contributed by atoms with Gasteiger partial charge in [0, 0.05) is 39.4 Å². The Labute approximate surface area is 328 Å². The van der Waals surface area contributed by atoms with Crippen LogP contribution in [0.4, 0.5) is 28.4 Å². The Balaban J connectivity index is 1.07. The molecule has 264 valence electrons. The normalized spacial score (nSPS) is 11.4. The zero-order valence-corrected chi connectivity index (χ0v) is 30.8. The lowest BCUT2D eigenvalue weighted by molar-refractivity contribution is 1.28. The molecule has 1 aliphatic rings. The van der Waals surface area contributed by atoms with Gasteiger partial charge >= 0.3 is 0 Å². The highest BCUT2D eigenvalue weighted by Crippen LogP contribution is 2.49. The molecule has 9 aromatic carbocycles. The lowest BCUT2D eigenvalue weighted by atomic mass is 9.89. The third-order valence-corrected chi connectivity index (χ3v) is 10.8. The number of nitrogens with zero attached hydrogens (tertiary/aromatic N) is 1. The summed E-state index contributed by atoms with van der Waals surface area (Å²) in [6.07, 6.45) is 0. The van der Waals surface area contributed by atoms with Crippen molar-refractivity contribution in [1.29, 1.82) is 0 Å². The summed E-state index contributed by atoms with van der Waals surface area (Å²) in [6.45, 7) is 0. The Morgan fingerprint density at radius 3 is 1.27 bits per heavy atom. The summed E-state index contributed by atoms with van der Waals surface area (Å²) < 4.78 is 0. The Morgan fingerprint density at radius 2 is 0.679 bits per heavy atom. The van der Waals surface area contributed by atoms with Crippen molar-refractivity contribution in [2.24, 2.45) is 0 Å². The van der Waals surface area contributed by atoms with Gasteiger partial charge in [0.2, 0.25) is 0 Å². The van der Waals surface area contributed by atoms with Crippen molar-refractivity contribution in [3.63, 3.8) is 0 Å². The summed E-state index contributed by atoms with van der Waals surface area (Å²) in [5.41, 5.74) is 19.8. The van der Waals surface area contributed by atoms with E-state index in [1.807, 2.05) is 0 Å². The summed E-state index contributed by atoms with van der Waals surface area (Å²) in [5.74, 6) is 0. The van der Waals surface area contributed by atoms with Crippen molar-refractivity contribution in [2.45, 2.75) is 0 Å². The zero-order valence-electron chi connectivity index (χ0n) is 30.8. The topological polar surface area (TPSA) is 15.3 Å². The standard InChI is InChI=1S/C54H38N2/c1-5-16-38(17-6-1)42-34-43(39-18-7-2-8-19-39)36-44(35-42)48-26-15-27-51-49-24-13-14-25-50(49)52-37-41(30-33-53(52)55-54(48)51)40-28-31-47(32-29-40)56(45-20-9-3-10-21-45)46-22-11-4-12-23-46/h1-37,55H. The molecule has 2 nitrogen and oxygen atoms in total. The smallest absolute Gasteiger partial charge is 0.0543 e. The summed E-state index contributed by atoms with van der Waals surface area (Å²) in [6, 6.07) is 80.7. The van der Waals surface area contributed by atoms with Crippen LogP contribution in [0.5, 0.6) is 0 Å². The van der Waals surface area contributed by atoms with Gasteiger partial charge in [-0.2, -0.15) is 0 Å². The summed E-state index contributed by atoms with van der Waals surface area (Å²) in [4.78, 5) is 2.30. The lowest BCUT2D eigenvalue weighted by Crippen LogP contribution is -2.09. The van der Waals surface area contributed by atoms with Crippen LogP contribution in [0.2, 0.25) is 0 Å². The number of fused-ring (bicyclic) bond motifs is 5. The second-order valence-electron chi connectivity index (χ2n) is 14.2. The van der Waals surface area contributed by atoms with Crippen LogP contribution in [-0.2, 0) is 0 Å². The highest BCUT2D eigenvalue weighted by molar-refractivity contribution is 6.04. The molecule has 0 bridgehead atoms. The zero-order chi connectivity index (χ0) is 37.3. The van der Waals surface area contributed by atoms with Gasteiger partial charge in [0.25, 0.3) is 0 Å². The molecule has 1 heterocycles. The highest BCUT2D eigenvalue weighted by atomic mass is 15.1. The molecule has 0 aromatic heterocycles. The molecule has 1 N–H and O–H groups in total. The maximum absolute atomic E-state index is 3.97. The van der Waals surface area contributed by atoms with E-state index in [9.17, 15) is 0 Å².